The molecular formula is C12H22N2O3. The van der Waals surface area contributed by atoms with Crippen molar-refractivity contribution >= 4 is 12.0 Å². The number of carboxylic acids is 1. The van der Waals surface area contributed by atoms with Gasteiger partial charge in [-0.15, -0.1) is 0 Å². The van der Waals surface area contributed by atoms with Crippen molar-refractivity contribution < 1.29 is 14.7 Å². The Bertz CT molecular complexity index is 264. The molecule has 17 heavy (non-hydrogen) atoms. The lowest BCUT2D eigenvalue weighted by Crippen LogP contribution is -2.42. The zero-order chi connectivity index (χ0) is 12.7. The van der Waals surface area contributed by atoms with Gasteiger partial charge in [0, 0.05) is 19.1 Å². The molecule has 0 radical (unpaired) electrons. The number of hydrogen-bond donors (Lipinski definition) is 2. The minimum absolute atomic E-state index is 0.0267. The first-order chi connectivity index (χ1) is 8.15. The Morgan fingerprint density at radius 1 is 1.35 bits per heavy atom. The summed E-state index contributed by atoms with van der Waals surface area (Å²) in [6.45, 7) is 3.12. The van der Waals surface area contributed by atoms with E-state index in [-0.39, 0.29) is 18.5 Å². The summed E-state index contributed by atoms with van der Waals surface area (Å²) >= 11 is 0. The summed E-state index contributed by atoms with van der Waals surface area (Å²) in [6, 6.07) is 0.158. The van der Waals surface area contributed by atoms with Crippen molar-refractivity contribution in [2.24, 2.45) is 0 Å². The van der Waals surface area contributed by atoms with Crippen LogP contribution in [0.3, 0.4) is 0 Å². The molecule has 0 aromatic rings. The predicted octanol–water partition coefficient (Wildman–Crippen LogP) is 1.83. The molecule has 5 nitrogen and oxygen atoms in total. The second-order valence-electron chi connectivity index (χ2n) is 4.51. The zero-order valence-electron chi connectivity index (χ0n) is 10.4. The zero-order valence-corrected chi connectivity index (χ0v) is 10.4. The summed E-state index contributed by atoms with van der Waals surface area (Å²) < 4.78 is 0. The third-order valence-corrected chi connectivity index (χ3v) is 2.87. The van der Waals surface area contributed by atoms with E-state index in [1.54, 1.807) is 4.90 Å². The van der Waals surface area contributed by atoms with Crippen LogP contribution in [0, 0.1) is 0 Å². The van der Waals surface area contributed by atoms with E-state index >= 15 is 0 Å². The Morgan fingerprint density at radius 2 is 2.06 bits per heavy atom. The average molecular weight is 242 g/mol. The molecule has 0 spiro atoms. The van der Waals surface area contributed by atoms with Crippen LogP contribution in [0.4, 0.5) is 4.79 Å². The first-order valence-electron chi connectivity index (χ1n) is 6.41. The van der Waals surface area contributed by atoms with E-state index in [1.807, 2.05) is 0 Å². The Hall–Kier alpha value is -1.26. The van der Waals surface area contributed by atoms with Crippen molar-refractivity contribution in [2.75, 3.05) is 13.1 Å². The van der Waals surface area contributed by atoms with Crippen LogP contribution >= 0.6 is 0 Å². The number of rotatable bonds is 8. The van der Waals surface area contributed by atoms with E-state index in [0.29, 0.717) is 13.1 Å². The molecule has 2 amide bonds. The second-order valence-corrected chi connectivity index (χ2v) is 4.51. The van der Waals surface area contributed by atoms with Crippen molar-refractivity contribution in [3.8, 4) is 0 Å². The number of aliphatic carboxylic acids is 1. The third kappa shape index (κ3) is 5.56. The van der Waals surface area contributed by atoms with Crippen molar-refractivity contribution in [2.45, 2.75) is 51.5 Å². The highest BCUT2D eigenvalue weighted by molar-refractivity contribution is 5.76. The predicted molar refractivity (Wildman–Crippen MR) is 64.9 cm³/mol. The Labute approximate surface area is 102 Å². The van der Waals surface area contributed by atoms with E-state index in [2.05, 4.69) is 12.2 Å². The van der Waals surface area contributed by atoms with Gasteiger partial charge >= 0.3 is 12.0 Å². The number of urea groups is 1. The molecule has 1 aliphatic carbocycles. The molecular weight excluding hydrogens is 220 g/mol. The second kappa shape index (κ2) is 7.14. The van der Waals surface area contributed by atoms with Crippen LogP contribution in [0.2, 0.25) is 0 Å². The van der Waals surface area contributed by atoms with Crippen LogP contribution in [0.15, 0.2) is 0 Å². The molecule has 0 heterocycles. The molecule has 5 heteroatoms. The van der Waals surface area contributed by atoms with Crippen molar-refractivity contribution in [1.29, 1.82) is 0 Å². The monoisotopic (exact) mass is 242 g/mol. The molecule has 98 valence electrons. The van der Waals surface area contributed by atoms with E-state index < -0.39 is 5.97 Å². The maximum atomic E-state index is 11.8. The molecule has 0 saturated heterocycles. The molecule has 1 aliphatic rings. The standard InChI is InChI=1S/C12H22N2O3/c1-2-3-4-8-13-12(17)14(10-5-6-10)9-7-11(15)16/h10H,2-9H2,1H3,(H,13,17)(H,15,16). The normalized spacial score (nSPS) is 14.4. The number of carbonyl (C=O) groups is 2. The molecule has 0 unspecified atom stereocenters. The van der Waals surface area contributed by atoms with Gasteiger partial charge in [-0.2, -0.15) is 0 Å². The molecule has 0 bridgehead atoms. The Balaban J connectivity index is 2.25. The van der Waals surface area contributed by atoms with Gasteiger partial charge in [-0.3, -0.25) is 4.79 Å². The molecule has 0 atom stereocenters. The van der Waals surface area contributed by atoms with Gasteiger partial charge in [0.05, 0.1) is 6.42 Å². The molecule has 2 N–H and O–H groups in total. The van der Waals surface area contributed by atoms with E-state index in [4.69, 9.17) is 5.11 Å². The minimum Gasteiger partial charge on any atom is -0.481 e. The number of hydrogen-bond acceptors (Lipinski definition) is 2. The fourth-order valence-electron chi connectivity index (χ4n) is 1.72. The lowest BCUT2D eigenvalue weighted by Gasteiger charge is -2.22. The van der Waals surface area contributed by atoms with E-state index in [1.165, 1.54) is 0 Å². The quantitative estimate of drug-likeness (QED) is 0.638. The Kier molecular flexibility index (Phi) is 5.80. The first kappa shape index (κ1) is 13.8. The average Bonchev–Trinajstić information content (AvgIpc) is 3.08. The molecule has 1 fully saturated rings. The van der Waals surface area contributed by atoms with Gasteiger partial charge in [-0.05, 0) is 19.3 Å². The fraction of sp³-hybridized carbons (Fsp3) is 0.833. The van der Waals surface area contributed by atoms with E-state index in [0.717, 1.165) is 32.1 Å². The first-order valence-corrected chi connectivity index (χ1v) is 6.41. The molecule has 0 aromatic heterocycles. The lowest BCUT2D eigenvalue weighted by atomic mass is 10.2. The summed E-state index contributed by atoms with van der Waals surface area (Å²) in [5.41, 5.74) is 0. The topological polar surface area (TPSA) is 69.6 Å². The lowest BCUT2D eigenvalue weighted by molar-refractivity contribution is -0.137. The van der Waals surface area contributed by atoms with Gasteiger partial charge in [0.15, 0.2) is 0 Å². The van der Waals surface area contributed by atoms with Crippen LogP contribution in [0.25, 0.3) is 0 Å². The maximum absolute atomic E-state index is 11.8. The molecule has 0 aromatic carbocycles. The number of carboxylic acid groups (broad SMARTS) is 1. The molecule has 1 rings (SSSR count). The summed E-state index contributed by atoms with van der Waals surface area (Å²) in [7, 11) is 0. The maximum Gasteiger partial charge on any atom is 0.317 e. The summed E-state index contributed by atoms with van der Waals surface area (Å²) in [4.78, 5) is 24.0. The fourth-order valence-corrected chi connectivity index (χ4v) is 1.72. The van der Waals surface area contributed by atoms with Gasteiger partial charge in [0.25, 0.3) is 0 Å². The van der Waals surface area contributed by atoms with Crippen LogP contribution < -0.4 is 5.32 Å². The molecule has 0 aliphatic heterocycles. The van der Waals surface area contributed by atoms with Crippen molar-refractivity contribution in [3.05, 3.63) is 0 Å². The highest BCUT2D eigenvalue weighted by atomic mass is 16.4. The number of nitrogens with one attached hydrogen (secondary N) is 1. The number of carbonyl (C=O) groups excluding carboxylic acids is 1. The SMILES string of the molecule is CCCCCNC(=O)N(CCC(=O)O)C1CC1. The van der Waals surface area contributed by atoms with Gasteiger partial charge < -0.3 is 15.3 Å². The van der Waals surface area contributed by atoms with Crippen molar-refractivity contribution in [1.82, 2.24) is 10.2 Å². The number of amides is 2. The highest BCUT2D eigenvalue weighted by Crippen LogP contribution is 2.26. The van der Waals surface area contributed by atoms with Crippen LogP contribution in [-0.2, 0) is 4.79 Å². The largest absolute Gasteiger partial charge is 0.481 e. The van der Waals surface area contributed by atoms with Gasteiger partial charge in [0.2, 0.25) is 0 Å². The van der Waals surface area contributed by atoms with Crippen molar-refractivity contribution in [3.63, 3.8) is 0 Å². The van der Waals surface area contributed by atoms with Crippen LogP contribution in [0.1, 0.15) is 45.4 Å². The third-order valence-electron chi connectivity index (χ3n) is 2.87. The summed E-state index contributed by atoms with van der Waals surface area (Å²) in [5.74, 6) is -0.852. The van der Waals surface area contributed by atoms with E-state index in [9.17, 15) is 9.59 Å². The summed E-state index contributed by atoms with van der Waals surface area (Å²) in [5, 5.41) is 11.5. The highest BCUT2D eigenvalue weighted by Gasteiger charge is 2.32. The van der Waals surface area contributed by atoms with Gasteiger partial charge in [-0.1, -0.05) is 19.8 Å². The Morgan fingerprint density at radius 3 is 2.59 bits per heavy atom. The van der Waals surface area contributed by atoms with Crippen LogP contribution in [0.5, 0.6) is 0 Å². The van der Waals surface area contributed by atoms with Crippen LogP contribution in [-0.4, -0.2) is 41.1 Å². The minimum atomic E-state index is -0.852. The number of unbranched alkanes of at least 4 members (excludes halogenated alkanes) is 2. The molecule has 1 saturated carbocycles. The van der Waals surface area contributed by atoms with Gasteiger partial charge in [0.1, 0.15) is 0 Å². The van der Waals surface area contributed by atoms with Gasteiger partial charge in [-0.25, -0.2) is 4.79 Å². The number of nitrogens with zero attached hydrogens (tertiary/aromatic N) is 1. The summed E-state index contributed by atoms with van der Waals surface area (Å²) in [6.07, 6.45) is 5.25. The smallest absolute Gasteiger partial charge is 0.317 e.